The Bertz CT molecular complexity index is 1300. The normalized spacial score (nSPS) is 23.5. The Balaban J connectivity index is 1.53. The van der Waals surface area contributed by atoms with Gasteiger partial charge in [-0.15, -0.1) is 0 Å². The highest BCUT2D eigenvalue weighted by Gasteiger charge is 2.45. The highest BCUT2D eigenvalue weighted by atomic mass is 16.6. The van der Waals surface area contributed by atoms with E-state index in [0.717, 1.165) is 16.5 Å². The number of aliphatic hydroxyl groups is 3. The first-order chi connectivity index (χ1) is 15.6. The summed E-state index contributed by atoms with van der Waals surface area (Å²) in [4.78, 5) is 16.9. The summed E-state index contributed by atoms with van der Waals surface area (Å²) in [5, 5.41) is 35.4. The third-order valence-electron chi connectivity index (χ3n) is 5.33. The number of anilines is 2. The molecule has 0 bridgehead atoms. The second kappa shape index (κ2) is 8.09. The fourth-order valence-electron chi connectivity index (χ4n) is 3.73. The maximum Gasteiger partial charge on any atom is 0.228 e. The molecule has 1 fully saturated rings. The molecule has 0 aliphatic carbocycles. The van der Waals surface area contributed by atoms with Crippen molar-refractivity contribution >= 4 is 40.0 Å². The molecule has 12 nitrogen and oxygen atoms in total. The molecular formula is C20H20N8O4. The number of para-hydroxylation sites is 1. The number of hydrazone groups is 1. The van der Waals surface area contributed by atoms with E-state index in [1.165, 1.54) is 10.9 Å². The number of aromatic nitrogens is 5. The van der Waals surface area contributed by atoms with Gasteiger partial charge in [-0.2, -0.15) is 5.10 Å². The van der Waals surface area contributed by atoms with Crippen LogP contribution in [-0.4, -0.2) is 71.0 Å². The molecule has 3 aromatic heterocycles. The van der Waals surface area contributed by atoms with Gasteiger partial charge in [0.05, 0.1) is 18.3 Å². The Morgan fingerprint density at radius 1 is 1.16 bits per heavy atom. The Morgan fingerprint density at radius 3 is 2.81 bits per heavy atom. The summed E-state index contributed by atoms with van der Waals surface area (Å²) >= 11 is 0. The average Bonchev–Trinajstić information content (AvgIpc) is 3.31. The van der Waals surface area contributed by atoms with E-state index in [1.807, 2.05) is 30.3 Å². The van der Waals surface area contributed by atoms with Crippen LogP contribution in [0.15, 0.2) is 48.0 Å². The zero-order valence-electron chi connectivity index (χ0n) is 16.6. The Kier molecular flexibility index (Phi) is 5.11. The fourth-order valence-corrected chi connectivity index (χ4v) is 3.73. The number of pyridine rings is 1. The van der Waals surface area contributed by atoms with Gasteiger partial charge in [-0.3, -0.25) is 9.55 Å². The molecule has 1 aliphatic rings. The number of aliphatic hydroxyl groups excluding tert-OH is 3. The fraction of sp³-hybridized carbons (Fsp3) is 0.250. The number of benzene rings is 1. The SMILES string of the molecule is Nc1ncnc2c1nc(NN=Cc1ccnc3ccccc13)n2C1OC(CO)C(O)C1O. The van der Waals surface area contributed by atoms with Gasteiger partial charge in [0.15, 0.2) is 23.2 Å². The molecule has 1 aliphatic heterocycles. The summed E-state index contributed by atoms with van der Waals surface area (Å²) in [7, 11) is 0. The van der Waals surface area contributed by atoms with E-state index in [9.17, 15) is 15.3 Å². The van der Waals surface area contributed by atoms with E-state index in [0.29, 0.717) is 0 Å². The summed E-state index contributed by atoms with van der Waals surface area (Å²) in [6, 6.07) is 9.49. The van der Waals surface area contributed by atoms with Gasteiger partial charge in [0.2, 0.25) is 5.95 Å². The molecule has 6 N–H and O–H groups in total. The predicted octanol–water partition coefficient (Wildman–Crippen LogP) is 0.0142. The largest absolute Gasteiger partial charge is 0.394 e. The number of rotatable bonds is 5. The van der Waals surface area contributed by atoms with Gasteiger partial charge >= 0.3 is 0 Å². The first-order valence-electron chi connectivity index (χ1n) is 9.82. The number of imidazole rings is 1. The van der Waals surface area contributed by atoms with Crippen molar-refractivity contribution in [2.75, 3.05) is 17.8 Å². The first-order valence-corrected chi connectivity index (χ1v) is 9.82. The summed E-state index contributed by atoms with van der Waals surface area (Å²) in [6.45, 7) is -0.464. The number of hydrogen-bond donors (Lipinski definition) is 5. The Labute approximate surface area is 181 Å². The minimum atomic E-state index is -1.34. The zero-order chi connectivity index (χ0) is 22.2. The molecule has 0 radical (unpaired) electrons. The Morgan fingerprint density at radius 2 is 2.00 bits per heavy atom. The molecule has 12 heteroatoms. The van der Waals surface area contributed by atoms with Crippen LogP contribution >= 0.6 is 0 Å². The number of fused-ring (bicyclic) bond motifs is 2. The Hall–Kier alpha value is -3.71. The second-order valence-corrected chi connectivity index (χ2v) is 7.25. The van der Waals surface area contributed by atoms with Crippen LogP contribution in [0.25, 0.3) is 22.1 Å². The van der Waals surface area contributed by atoms with Crippen LogP contribution in [0, 0.1) is 0 Å². The maximum atomic E-state index is 10.5. The number of nitrogens with two attached hydrogens (primary N) is 1. The molecule has 4 aromatic rings. The van der Waals surface area contributed by atoms with E-state index in [1.54, 1.807) is 12.4 Å². The van der Waals surface area contributed by atoms with Gasteiger partial charge in [-0.25, -0.2) is 20.4 Å². The number of ether oxygens (including phenoxy) is 1. The molecule has 164 valence electrons. The minimum absolute atomic E-state index is 0.132. The lowest BCUT2D eigenvalue weighted by molar-refractivity contribution is -0.0501. The standard InChI is InChI=1S/C20H20N8O4/c21-17-14-18(24-9-23-17)28(19-16(31)15(30)13(8-29)32-19)20(26-14)27-25-7-10-5-6-22-12-4-2-1-3-11(10)12/h1-7,9,13,15-16,19,29-31H,8H2,(H,26,27)(H2,21,23,24). The molecule has 5 rings (SSSR count). The number of nitrogen functional groups attached to an aromatic ring is 1. The van der Waals surface area contributed by atoms with E-state index in [-0.39, 0.29) is 22.9 Å². The van der Waals surface area contributed by atoms with Crippen molar-refractivity contribution in [2.45, 2.75) is 24.5 Å². The van der Waals surface area contributed by atoms with E-state index in [2.05, 4.69) is 30.5 Å². The molecule has 4 atom stereocenters. The number of nitrogens with one attached hydrogen (secondary N) is 1. The lowest BCUT2D eigenvalue weighted by Crippen LogP contribution is -2.33. The second-order valence-electron chi connectivity index (χ2n) is 7.25. The minimum Gasteiger partial charge on any atom is -0.394 e. The highest BCUT2D eigenvalue weighted by Crippen LogP contribution is 2.35. The molecule has 4 heterocycles. The van der Waals surface area contributed by atoms with Gasteiger partial charge in [0, 0.05) is 17.1 Å². The predicted molar refractivity (Wildman–Crippen MR) is 116 cm³/mol. The third kappa shape index (κ3) is 3.31. The van der Waals surface area contributed by atoms with Gasteiger partial charge in [-0.05, 0) is 12.1 Å². The lowest BCUT2D eigenvalue weighted by Gasteiger charge is -2.18. The quantitative estimate of drug-likeness (QED) is 0.212. The molecule has 32 heavy (non-hydrogen) atoms. The number of hydrogen-bond acceptors (Lipinski definition) is 11. The van der Waals surface area contributed by atoms with Crippen LogP contribution in [-0.2, 0) is 4.74 Å². The third-order valence-corrected chi connectivity index (χ3v) is 5.33. The lowest BCUT2D eigenvalue weighted by atomic mass is 10.1. The van der Waals surface area contributed by atoms with Crippen molar-refractivity contribution < 1.29 is 20.1 Å². The monoisotopic (exact) mass is 436 g/mol. The van der Waals surface area contributed by atoms with Crippen molar-refractivity contribution in [1.29, 1.82) is 0 Å². The zero-order valence-corrected chi connectivity index (χ0v) is 16.6. The molecule has 0 saturated carbocycles. The van der Waals surface area contributed by atoms with Crippen LogP contribution in [0.2, 0.25) is 0 Å². The topological polar surface area (TPSA) is 177 Å². The molecule has 0 spiro atoms. The van der Waals surface area contributed by atoms with E-state index >= 15 is 0 Å². The van der Waals surface area contributed by atoms with Crippen LogP contribution in [0.5, 0.6) is 0 Å². The van der Waals surface area contributed by atoms with E-state index < -0.39 is 31.1 Å². The highest BCUT2D eigenvalue weighted by molar-refractivity contribution is 5.98. The van der Waals surface area contributed by atoms with Crippen molar-refractivity contribution in [2.24, 2.45) is 5.10 Å². The van der Waals surface area contributed by atoms with Crippen LogP contribution in [0.1, 0.15) is 11.8 Å². The summed E-state index contributed by atoms with van der Waals surface area (Å²) < 4.78 is 7.09. The van der Waals surface area contributed by atoms with Crippen LogP contribution in [0.3, 0.4) is 0 Å². The summed E-state index contributed by atoms with van der Waals surface area (Å²) in [5.41, 5.74) is 11.0. The molecule has 1 saturated heterocycles. The number of nitrogens with zero attached hydrogens (tertiary/aromatic N) is 6. The van der Waals surface area contributed by atoms with Crippen molar-refractivity contribution in [1.82, 2.24) is 24.5 Å². The molecule has 4 unspecified atom stereocenters. The van der Waals surface area contributed by atoms with Gasteiger partial charge in [0.1, 0.15) is 24.6 Å². The van der Waals surface area contributed by atoms with Crippen molar-refractivity contribution in [3.63, 3.8) is 0 Å². The molecule has 1 aromatic carbocycles. The summed E-state index contributed by atoms with van der Waals surface area (Å²) in [6.07, 6.45) is -0.121. The smallest absolute Gasteiger partial charge is 0.228 e. The molecular weight excluding hydrogens is 416 g/mol. The maximum absolute atomic E-state index is 10.5. The van der Waals surface area contributed by atoms with Crippen molar-refractivity contribution in [3.8, 4) is 0 Å². The molecule has 0 amide bonds. The van der Waals surface area contributed by atoms with Gasteiger partial charge in [-0.1, -0.05) is 18.2 Å². The first kappa shape index (κ1) is 20.2. The van der Waals surface area contributed by atoms with Crippen LogP contribution < -0.4 is 11.2 Å². The summed E-state index contributed by atoms with van der Waals surface area (Å²) in [5.74, 6) is 0.296. The van der Waals surface area contributed by atoms with Crippen LogP contribution in [0.4, 0.5) is 11.8 Å². The van der Waals surface area contributed by atoms with Crippen molar-refractivity contribution in [3.05, 3.63) is 48.4 Å². The van der Waals surface area contributed by atoms with E-state index in [4.69, 9.17) is 10.5 Å². The average molecular weight is 436 g/mol. The van der Waals surface area contributed by atoms with Gasteiger partial charge < -0.3 is 25.8 Å². The van der Waals surface area contributed by atoms with Gasteiger partial charge in [0.25, 0.3) is 0 Å².